The molecule has 5 nitrogen and oxygen atoms in total. The van der Waals surface area contributed by atoms with Crippen molar-refractivity contribution in [2.45, 2.75) is 32.7 Å². The molecule has 3 aromatic rings. The predicted molar refractivity (Wildman–Crippen MR) is 113 cm³/mol. The van der Waals surface area contributed by atoms with Crippen LogP contribution in [0.4, 0.5) is 0 Å². The molecule has 0 saturated carbocycles. The van der Waals surface area contributed by atoms with Crippen LogP contribution >= 0.6 is 0 Å². The molecule has 0 saturated heterocycles. The number of aromatic nitrogens is 2. The Kier molecular flexibility index (Phi) is 6.05. The van der Waals surface area contributed by atoms with Gasteiger partial charge < -0.3 is 10.0 Å². The Labute approximate surface area is 166 Å². The summed E-state index contributed by atoms with van der Waals surface area (Å²) >= 11 is 0. The van der Waals surface area contributed by atoms with E-state index in [9.17, 15) is 9.90 Å². The fourth-order valence-corrected chi connectivity index (χ4v) is 3.61. The van der Waals surface area contributed by atoms with E-state index in [4.69, 9.17) is 0 Å². The predicted octanol–water partition coefficient (Wildman–Crippen LogP) is 3.68. The topological polar surface area (TPSA) is 50.4 Å². The molecule has 0 aliphatic rings. The Hall–Kier alpha value is -2.79. The van der Waals surface area contributed by atoms with Crippen molar-refractivity contribution < 1.29 is 5.11 Å². The van der Waals surface area contributed by atoms with E-state index >= 15 is 0 Å². The molecule has 2 aromatic carbocycles. The Morgan fingerprint density at radius 1 is 1.04 bits per heavy atom. The summed E-state index contributed by atoms with van der Waals surface area (Å²) in [6, 6.07) is 17.1. The molecule has 1 N–H and O–H groups in total. The van der Waals surface area contributed by atoms with Crippen LogP contribution in [0.25, 0.3) is 5.69 Å². The number of aromatic hydroxyl groups is 1. The second-order valence-corrected chi connectivity index (χ2v) is 7.65. The monoisotopic (exact) mass is 379 g/mol. The van der Waals surface area contributed by atoms with Gasteiger partial charge in [0.05, 0.1) is 11.4 Å². The molecular weight excluding hydrogens is 350 g/mol. The molecule has 3 rings (SSSR count). The molecule has 28 heavy (non-hydrogen) atoms. The second kappa shape index (κ2) is 8.48. The average Bonchev–Trinajstić information content (AvgIpc) is 2.92. The molecule has 0 bridgehead atoms. The van der Waals surface area contributed by atoms with Gasteiger partial charge in [-0.1, -0.05) is 44.2 Å². The highest BCUT2D eigenvalue weighted by molar-refractivity contribution is 5.34. The van der Waals surface area contributed by atoms with Crippen LogP contribution in [0.3, 0.4) is 0 Å². The van der Waals surface area contributed by atoms with E-state index in [0.717, 1.165) is 29.9 Å². The normalized spacial score (nSPS) is 11.5. The standard InChI is InChI=1S/C23H29N3O2/c1-17(2)22-21(16-24(3)15-14-18-10-12-20(27)13-11-18)25(4)26(23(22)28)19-8-6-5-7-9-19/h5-13,17,27H,14-16H2,1-4H3. The number of para-hydroxylation sites is 1. The van der Waals surface area contributed by atoms with E-state index in [1.807, 2.05) is 54.2 Å². The summed E-state index contributed by atoms with van der Waals surface area (Å²) in [5.41, 5.74) is 4.06. The Morgan fingerprint density at radius 3 is 2.29 bits per heavy atom. The van der Waals surface area contributed by atoms with Crippen molar-refractivity contribution in [2.24, 2.45) is 7.05 Å². The molecule has 0 atom stereocenters. The minimum atomic E-state index is 0.0608. The maximum Gasteiger partial charge on any atom is 0.275 e. The average molecular weight is 380 g/mol. The lowest BCUT2D eigenvalue weighted by atomic mass is 10.0. The van der Waals surface area contributed by atoms with Gasteiger partial charge in [-0.25, -0.2) is 4.68 Å². The molecule has 0 fully saturated rings. The van der Waals surface area contributed by atoms with E-state index in [1.54, 1.807) is 16.8 Å². The third kappa shape index (κ3) is 4.20. The Balaban J connectivity index is 1.84. The van der Waals surface area contributed by atoms with Gasteiger partial charge in [0.15, 0.2) is 0 Å². The van der Waals surface area contributed by atoms with Gasteiger partial charge in [0.2, 0.25) is 0 Å². The van der Waals surface area contributed by atoms with Crippen LogP contribution in [0, 0.1) is 0 Å². The number of phenolic OH excluding ortho intramolecular Hbond substituents is 1. The van der Waals surface area contributed by atoms with Gasteiger partial charge >= 0.3 is 0 Å². The zero-order valence-electron chi connectivity index (χ0n) is 17.1. The third-order valence-electron chi connectivity index (χ3n) is 5.14. The van der Waals surface area contributed by atoms with Crippen LogP contribution in [-0.4, -0.2) is 33.0 Å². The quantitative estimate of drug-likeness (QED) is 0.681. The first-order valence-electron chi connectivity index (χ1n) is 9.71. The number of hydrogen-bond acceptors (Lipinski definition) is 3. The van der Waals surface area contributed by atoms with Crippen molar-refractivity contribution in [3.8, 4) is 11.4 Å². The Bertz CT molecular complexity index is 970. The van der Waals surface area contributed by atoms with Crippen molar-refractivity contribution in [3.05, 3.63) is 81.8 Å². The lowest BCUT2D eigenvalue weighted by Crippen LogP contribution is -2.24. The lowest BCUT2D eigenvalue weighted by Gasteiger charge is -2.19. The van der Waals surface area contributed by atoms with Gasteiger partial charge in [-0.3, -0.25) is 9.48 Å². The van der Waals surface area contributed by atoms with Gasteiger partial charge in [-0.05, 0) is 49.2 Å². The first-order valence-corrected chi connectivity index (χ1v) is 9.71. The zero-order valence-corrected chi connectivity index (χ0v) is 17.1. The summed E-state index contributed by atoms with van der Waals surface area (Å²) in [4.78, 5) is 15.4. The van der Waals surface area contributed by atoms with Crippen molar-refractivity contribution in [1.29, 1.82) is 0 Å². The molecule has 0 radical (unpaired) electrons. The van der Waals surface area contributed by atoms with E-state index in [1.165, 1.54) is 5.56 Å². The van der Waals surface area contributed by atoms with Gasteiger partial charge in [0, 0.05) is 25.7 Å². The number of phenols is 1. The number of nitrogens with zero attached hydrogens (tertiary/aromatic N) is 3. The molecule has 0 spiro atoms. The highest BCUT2D eigenvalue weighted by Gasteiger charge is 2.22. The van der Waals surface area contributed by atoms with Crippen LogP contribution < -0.4 is 5.56 Å². The van der Waals surface area contributed by atoms with Gasteiger partial charge in [-0.15, -0.1) is 0 Å². The number of likely N-dealkylation sites (N-methyl/N-ethyl adjacent to an activating group) is 1. The first kappa shape index (κ1) is 20.0. The van der Waals surface area contributed by atoms with Crippen LogP contribution in [0.5, 0.6) is 5.75 Å². The molecule has 1 aromatic heterocycles. The van der Waals surface area contributed by atoms with Crippen LogP contribution in [-0.2, 0) is 20.0 Å². The molecule has 1 heterocycles. The summed E-state index contributed by atoms with van der Waals surface area (Å²) in [6.45, 7) is 5.72. The van der Waals surface area contributed by atoms with E-state index < -0.39 is 0 Å². The summed E-state index contributed by atoms with van der Waals surface area (Å²) in [5, 5.41) is 9.42. The minimum absolute atomic E-state index is 0.0608. The van der Waals surface area contributed by atoms with Crippen molar-refractivity contribution in [3.63, 3.8) is 0 Å². The fourth-order valence-electron chi connectivity index (χ4n) is 3.61. The molecule has 148 valence electrons. The number of hydrogen-bond donors (Lipinski definition) is 1. The zero-order chi connectivity index (χ0) is 20.3. The van der Waals surface area contributed by atoms with E-state index in [0.29, 0.717) is 6.54 Å². The maximum absolute atomic E-state index is 13.1. The Morgan fingerprint density at radius 2 is 1.68 bits per heavy atom. The fraction of sp³-hybridized carbons (Fsp3) is 0.348. The second-order valence-electron chi connectivity index (χ2n) is 7.65. The first-order chi connectivity index (χ1) is 13.4. The number of benzene rings is 2. The molecule has 5 heteroatoms. The number of rotatable bonds is 7. The SMILES string of the molecule is CC(C)c1c(CN(C)CCc2ccc(O)cc2)n(C)n(-c2ccccc2)c1=O. The van der Waals surface area contributed by atoms with E-state index in [2.05, 4.69) is 25.8 Å². The minimum Gasteiger partial charge on any atom is -0.508 e. The molecule has 0 aliphatic carbocycles. The van der Waals surface area contributed by atoms with Crippen molar-refractivity contribution in [2.75, 3.05) is 13.6 Å². The van der Waals surface area contributed by atoms with Crippen LogP contribution in [0.15, 0.2) is 59.4 Å². The van der Waals surface area contributed by atoms with Crippen LogP contribution in [0.2, 0.25) is 0 Å². The summed E-state index contributed by atoms with van der Waals surface area (Å²) in [5.74, 6) is 0.445. The van der Waals surface area contributed by atoms with Crippen molar-refractivity contribution >= 4 is 0 Å². The largest absolute Gasteiger partial charge is 0.508 e. The van der Waals surface area contributed by atoms with E-state index in [-0.39, 0.29) is 17.2 Å². The third-order valence-corrected chi connectivity index (χ3v) is 5.14. The summed E-state index contributed by atoms with van der Waals surface area (Å²) in [7, 11) is 4.04. The molecular formula is C23H29N3O2. The highest BCUT2D eigenvalue weighted by Crippen LogP contribution is 2.20. The smallest absolute Gasteiger partial charge is 0.275 e. The lowest BCUT2D eigenvalue weighted by molar-refractivity contribution is 0.318. The molecule has 0 unspecified atom stereocenters. The van der Waals surface area contributed by atoms with Crippen LogP contribution in [0.1, 0.15) is 36.6 Å². The van der Waals surface area contributed by atoms with Gasteiger partial charge in [-0.2, -0.15) is 0 Å². The van der Waals surface area contributed by atoms with Crippen molar-refractivity contribution in [1.82, 2.24) is 14.3 Å². The molecule has 0 amide bonds. The summed E-state index contributed by atoms with van der Waals surface area (Å²) in [6.07, 6.45) is 0.890. The van der Waals surface area contributed by atoms with Gasteiger partial charge in [0.25, 0.3) is 5.56 Å². The van der Waals surface area contributed by atoms with Gasteiger partial charge in [0.1, 0.15) is 5.75 Å². The highest BCUT2D eigenvalue weighted by atomic mass is 16.3. The summed E-state index contributed by atoms with van der Waals surface area (Å²) < 4.78 is 3.75. The maximum atomic E-state index is 13.1. The molecule has 0 aliphatic heterocycles.